The van der Waals surface area contributed by atoms with E-state index in [0.29, 0.717) is 0 Å². The molecule has 4 nitrogen and oxygen atoms in total. The summed E-state index contributed by atoms with van der Waals surface area (Å²) in [7, 11) is 5.82. The van der Waals surface area contributed by atoms with Gasteiger partial charge in [0.2, 0.25) is 0 Å². The van der Waals surface area contributed by atoms with Crippen molar-refractivity contribution in [2.45, 2.75) is 25.0 Å². The number of fused-ring (bicyclic) bond motifs is 3. The van der Waals surface area contributed by atoms with Crippen LogP contribution in [0.25, 0.3) is 6.08 Å². The summed E-state index contributed by atoms with van der Waals surface area (Å²) in [5, 5.41) is 0. The van der Waals surface area contributed by atoms with E-state index in [9.17, 15) is 0 Å². The average molecular weight is 391 g/mol. The topological polar surface area (TPSA) is 24.9 Å². The molecule has 0 amide bonds. The third-order valence-electron chi connectivity index (χ3n) is 6.23. The molecule has 152 valence electrons. The monoisotopic (exact) mass is 390 g/mol. The van der Waals surface area contributed by atoms with E-state index in [1.807, 2.05) is 6.07 Å². The average Bonchev–Trinajstić information content (AvgIpc) is 3.22. The molecule has 0 spiro atoms. The van der Waals surface area contributed by atoms with E-state index in [1.54, 1.807) is 7.11 Å². The van der Waals surface area contributed by atoms with Gasteiger partial charge in [0.25, 0.3) is 0 Å². The Hall–Kier alpha value is -2.72. The molecule has 0 N–H and O–H groups in total. The zero-order valence-corrected chi connectivity index (χ0v) is 18.0. The van der Waals surface area contributed by atoms with E-state index in [0.717, 1.165) is 18.9 Å². The fourth-order valence-corrected chi connectivity index (χ4v) is 4.51. The Morgan fingerprint density at radius 2 is 1.83 bits per heavy atom. The molecule has 2 aromatic rings. The summed E-state index contributed by atoms with van der Waals surface area (Å²) in [5.74, 6) is 0.887. The maximum atomic E-state index is 6.39. The van der Waals surface area contributed by atoms with Crippen LogP contribution in [0, 0.1) is 0 Å². The lowest BCUT2D eigenvalue weighted by molar-refractivity contribution is -0.000321. The predicted molar refractivity (Wildman–Crippen MR) is 121 cm³/mol. The van der Waals surface area contributed by atoms with Gasteiger partial charge in [-0.25, -0.2) is 0 Å². The summed E-state index contributed by atoms with van der Waals surface area (Å²) in [6.45, 7) is 6.13. The van der Waals surface area contributed by atoms with Crippen molar-refractivity contribution in [3.8, 4) is 5.75 Å². The first-order valence-corrected chi connectivity index (χ1v) is 10.1. The highest BCUT2D eigenvalue weighted by molar-refractivity contribution is 5.69. The van der Waals surface area contributed by atoms with Gasteiger partial charge < -0.3 is 19.3 Å². The van der Waals surface area contributed by atoms with Crippen LogP contribution in [0.4, 0.5) is 11.4 Å². The molecule has 2 aliphatic heterocycles. The van der Waals surface area contributed by atoms with Crippen LogP contribution in [0.15, 0.2) is 60.7 Å². The first-order valence-electron chi connectivity index (χ1n) is 10.1. The minimum Gasteiger partial charge on any atom is -0.497 e. The van der Waals surface area contributed by atoms with Crippen molar-refractivity contribution in [3.05, 3.63) is 71.8 Å². The second-order valence-corrected chi connectivity index (χ2v) is 8.41. The highest BCUT2D eigenvalue weighted by atomic mass is 16.5. The molecule has 2 aromatic carbocycles. The van der Waals surface area contributed by atoms with Crippen LogP contribution in [0.2, 0.25) is 0 Å². The minimum absolute atomic E-state index is 0.189. The Morgan fingerprint density at radius 3 is 2.52 bits per heavy atom. The highest BCUT2D eigenvalue weighted by Crippen LogP contribution is 2.55. The van der Waals surface area contributed by atoms with Crippen LogP contribution in [-0.4, -0.2) is 40.1 Å². The molecule has 29 heavy (non-hydrogen) atoms. The molecule has 2 aliphatic rings. The third kappa shape index (κ3) is 3.12. The van der Waals surface area contributed by atoms with Crippen molar-refractivity contribution in [2.24, 2.45) is 0 Å². The quantitative estimate of drug-likeness (QED) is 0.681. The van der Waals surface area contributed by atoms with Crippen molar-refractivity contribution in [1.82, 2.24) is 0 Å². The van der Waals surface area contributed by atoms with Crippen LogP contribution in [0.1, 0.15) is 25.0 Å². The molecule has 0 saturated carbocycles. The van der Waals surface area contributed by atoms with Gasteiger partial charge in [0.15, 0.2) is 5.72 Å². The smallest absolute Gasteiger partial charge is 0.170 e. The molecule has 1 atom stereocenters. The van der Waals surface area contributed by atoms with E-state index in [2.05, 4.69) is 98.4 Å². The number of allylic oxidation sites excluding steroid dienone is 2. The number of rotatable bonds is 5. The first-order chi connectivity index (χ1) is 13.9. The summed E-state index contributed by atoms with van der Waals surface area (Å²) in [5.41, 5.74) is 4.23. The van der Waals surface area contributed by atoms with Crippen LogP contribution < -0.4 is 14.5 Å². The maximum Gasteiger partial charge on any atom is 0.170 e. The van der Waals surface area contributed by atoms with Gasteiger partial charge in [0.1, 0.15) is 5.75 Å². The van der Waals surface area contributed by atoms with Gasteiger partial charge in [-0.05, 0) is 47.5 Å². The van der Waals surface area contributed by atoms with Gasteiger partial charge in [-0.3, -0.25) is 0 Å². The van der Waals surface area contributed by atoms with Crippen molar-refractivity contribution in [3.63, 3.8) is 0 Å². The molecule has 4 heteroatoms. The lowest BCUT2D eigenvalue weighted by atomic mass is 9.77. The molecule has 0 aliphatic carbocycles. The zero-order valence-electron chi connectivity index (χ0n) is 18.0. The second kappa shape index (κ2) is 7.27. The zero-order chi connectivity index (χ0) is 20.6. The van der Waals surface area contributed by atoms with E-state index in [4.69, 9.17) is 9.47 Å². The normalized spacial score (nSPS) is 22.3. The second-order valence-electron chi connectivity index (χ2n) is 8.41. The lowest BCUT2D eigenvalue weighted by Crippen LogP contribution is -2.51. The fraction of sp³-hybridized carbons (Fsp3) is 0.360. The molecule has 1 unspecified atom stereocenters. The summed E-state index contributed by atoms with van der Waals surface area (Å²) in [6.07, 6.45) is 8.54. The Balaban J connectivity index is 1.60. The number of benzene rings is 2. The van der Waals surface area contributed by atoms with Gasteiger partial charge in [0, 0.05) is 37.4 Å². The Morgan fingerprint density at radius 1 is 1.07 bits per heavy atom. The third-order valence-corrected chi connectivity index (χ3v) is 6.23. The van der Waals surface area contributed by atoms with E-state index in [1.165, 1.54) is 22.5 Å². The molecular weight excluding hydrogens is 360 g/mol. The number of nitrogens with zero attached hydrogens (tertiary/aromatic N) is 2. The molecule has 0 aromatic heterocycles. The van der Waals surface area contributed by atoms with Crippen LogP contribution in [0.5, 0.6) is 5.75 Å². The van der Waals surface area contributed by atoms with E-state index < -0.39 is 5.72 Å². The molecule has 1 fully saturated rings. The van der Waals surface area contributed by atoms with Gasteiger partial charge in [-0.15, -0.1) is 0 Å². The Bertz CT molecular complexity index is 944. The van der Waals surface area contributed by atoms with Crippen molar-refractivity contribution < 1.29 is 9.47 Å². The van der Waals surface area contributed by atoms with Crippen LogP contribution >= 0.6 is 0 Å². The van der Waals surface area contributed by atoms with E-state index in [-0.39, 0.29) is 5.41 Å². The molecule has 2 heterocycles. The summed E-state index contributed by atoms with van der Waals surface area (Å²) < 4.78 is 11.9. The van der Waals surface area contributed by atoms with E-state index >= 15 is 0 Å². The highest BCUT2D eigenvalue weighted by Gasteiger charge is 2.59. The Kier molecular flexibility index (Phi) is 4.91. The number of ether oxygens (including phenoxy) is 2. The summed E-state index contributed by atoms with van der Waals surface area (Å²) >= 11 is 0. The first kappa shape index (κ1) is 19.6. The molecule has 0 radical (unpaired) electrons. The largest absolute Gasteiger partial charge is 0.497 e. The number of anilines is 2. The van der Waals surface area contributed by atoms with Crippen molar-refractivity contribution in [2.75, 3.05) is 44.2 Å². The van der Waals surface area contributed by atoms with Gasteiger partial charge in [-0.2, -0.15) is 0 Å². The number of hydrogen-bond acceptors (Lipinski definition) is 4. The van der Waals surface area contributed by atoms with Crippen LogP contribution in [-0.2, 0) is 10.2 Å². The molecule has 4 rings (SSSR count). The predicted octanol–water partition coefficient (Wildman–Crippen LogP) is 4.85. The van der Waals surface area contributed by atoms with Crippen LogP contribution in [0.3, 0.4) is 0 Å². The summed E-state index contributed by atoms with van der Waals surface area (Å²) in [4.78, 5) is 4.49. The Labute approximate surface area is 174 Å². The minimum atomic E-state index is -0.471. The number of hydrogen-bond donors (Lipinski definition) is 0. The van der Waals surface area contributed by atoms with Gasteiger partial charge in [-0.1, -0.05) is 44.2 Å². The number of methoxy groups -OCH3 is 1. The fourth-order valence-electron chi connectivity index (χ4n) is 4.51. The van der Waals surface area contributed by atoms with Gasteiger partial charge >= 0.3 is 0 Å². The van der Waals surface area contributed by atoms with Crippen molar-refractivity contribution in [1.29, 1.82) is 0 Å². The van der Waals surface area contributed by atoms with Crippen molar-refractivity contribution >= 4 is 17.5 Å². The maximum absolute atomic E-state index is 6.39. The SMILES string of the molecule is COc1ccc2c(c1)C(C)(C)C1(/C=C/C=C/c3ccc(N(C)C)cc3)OCCN21. The summed E-state index contributed by atoms with van der Waals surface area (Å²) in [6, 6.07) is 14.9. The molecule has 0 bridgehead atoms. The van der Waals surface area contributed by atoms with Gasteiger partial charge in [0.05, 0.1) is 13.7 Å². The lowest BCUT2D eigenvalue weighted by Gasteiger charge is -2.39. The standard InChI is InChI=1S/C25H30N2O2/c1-24(2)22-18-21(28-5)13-14-23(22)27-16-17-29-25(24,27)15-7-6-8-19-9-11-20(12-10-19)26(3)4/h6-15,18H,16-17H2,1-5H3/b8-6+,15-7+. The molecular formula is C25H30N2O2. The molecule has 1 saturated heterocycles.